The van der Waals surface area contributed by atoms with E-state index in [1.165, 1.54) is 12.1 Å². The lowest BCUT2D eigenvalue weighted by atomic mass is 10.2. The lowest BCUT2D eigenvalue weighted by Crippen LogP contribution is -2.40. The van der Waals surface area contributed by atoms with Gasteiger partial charge in [0.05, 0.1) is 5.56 Å². The highest BCUT2D eigenvalue weighted by atomic mass is 16.5. The van der Waals surface area contributed by atoms with Gasteiger partial charge in [-0.1, -0.05) is 6.07 Å². The monoisotopic (exact) mass is 265 g/mol. The van der Waals surface area contributed by atoms with Crippen molar-refractivity contribution in [3.63, 3.8) is 0 Å². The second-order valence-corrected chi connectivity index (χ2v) is 4.10. The highest BCUT2D eigenvalue weighted by molar-refractivity contribution is 5.88. The number of aromatic carboxylic acids is 1. The number of hydrogen-bond acceptors (Lipinski definition) is 3. The Morgan fingerprint density at radius 1 is 1.32 bits per heavy atom. The van der Waals surface area contributed by atoms with Crippen molar-refractivity contribution in [2.45, 2.75) is 26.9 Å². The number of carboxylic acids is 1. The quantitative estimate of drug-likeness (QED) is 0.854. The molecule has 0 radical (unpaired) electrons. The normalized spacial score (nSPS) is 11.7. The molecule has 19 heavy (non-hydrogen) atoms. The zero-order chi connectivity index (χ0) is 14.4. The van der Waals surface area contributed by atoms with Crippen molar-refractivity contribution in [1.82, 2.24) is 4.90 Å². The fraction of sp³-hybridized carbons (Fsp3) is 0.429. The van der Waals surface area contributed by atoms with Crippen molar-refractivity contribution in [3.8, 4) is 5.75 Å². The molecule has 1 aromatic carbocycles. The minimum atomic E-state index is -1.02. The predicted octanol–water partition coefficient (Wildman–Crippen LogP) is 2.02. The summed E-state index contributed by atoms with van der Waals surface area (Å²) < 4.78 is 5.50. The number of carbonyl (C=O) groups is 2. The molecule has 5 nitrogen and oxygen atoms in total. The van der Waals surface area contributed by atoms with Crippen LogP contribution in [0.3, 0.4) is 0 Å². The van der Waals surface area contributed by atoms with Gasteiger partial charge in [-0.25, -0.2) is 4.79 Å². The molecule has 0 aliphatic heterocycles. The first kappa shape index (κ1) is 15.0. The molecule has 1 N–H and O–H groups in total. The molecule has 1 unspecified atom stereocenters. The van der Waals surface area contributed by atoms with Gasteiger partial charge in [0.2, 0.25) is 0 Å². The summed E-state index contributed by atoms with van der Waals surface area (Å²) >= 11 is 0. The lowest BCUT2D eigenvalue weighted by Gasteiger charge is -2.23. The van der Waals surface area contributed by atoms with E-state index in [1.54, 1.807) is 24.0 Å². The van der Waals surface area contributed by atoms with Crippen LogP contribution in [0.25, 0.3) is 0 Å². The van der Waals surface area contributed by atoms with Crippen molar-refractivity contribution in [3.05, 3.63) is 29.8 Å². The highest BCUT2D eigenvalue weighted by Crippen LogP contribution is 2.15. The number of carbonyl (C=O) groups excluding carboxylic acids is 1. The zero-order valence-corrected chi connectivity index (χ0v) is 11.4. The number of rotatable bonds is 6. The van der Waals surface area contributed by atoms with E-state index in [4.69, 9.17) is 9.84 Å². The number of carboxylic acid groups (broad SMARTS) is 1. The Morgan fingerprint density at radius 3 is 2.47 bits per heavy atom. The summed E-state index contributed by atoms with van der Waals surface area (Å²) in [7, 11) is 0. The standard InChI is InChI=1S/C14H19NO4/c1-4-15(5-2)13(16)10(3)19-12-8-6-7-11(9-12)14(17)18/h6-10H,4-5H2,1-3H3,(H,17,18). The summed E-state index contributed by atoms with van der Waals surface area (Å²) in [6.45, 7) is 6.71. The van der Waals surface area contributed by atoms with E-state index >= 15 is 0 Å². The molecule has 0 aliphatic carbocycles. The minimum absolute atomic E-state index is 0.106. The van der Waals surface area contributed by atoms with Crippen molar-refractivity contribution in [2.24, 2.45) is 0 Å². The van der Waals surface area contributed by atoms with Crippen LogP contribution in [0, 0.1) is 0 Å². The molecule has 0 aliphatic rings. The maximum absolute atomic E-state index is 12.0. The molecule has 0 spiro atoms. The average Bonchev–Trinajstić information content (AvgIpc) is 2.40. The zero-order valence-electron chi connectivity index (χ0n) is 11.4. The highest BCUT2D eigenvalue weighted by Gasteiger charge is 2.19. The van der Waals surface area contributed by atoms with Crippen LogP contribution in [-0.4, -0.2) is 41.1 Å². The molecule has 1 rings (SSSR count). The molecule has 1 amide bonds. The van der Waals surface area contributed by atoms with Crippen molar-refractivity contribution in [2.75, 3.05) is 13.1 Å². The molecule has 0 saturated heterocycles. The van der Waals surface area contributed by atoms with Crippen LogP contribution in [0.1, 0.15) is 31.1 Å². The number of benzene rings is 1. The molecular weight excluding hydrogens is 246 g/mol. The van der Waals surface area contributed by atoms with Crippen LogP contribution in [0.5, 0.6) is 5.75 Å². The topological polar surface area (TPSA) is 66.8 Å². The Hall–Kier alpha value is -2.04. The predicted molar refractivity (Wildman–Crippen MR) is 71.4 cm³/mol. The summed E-state index contributed by atoms with van der Waals surface area (Å²) in [5.41, 5.74) is 0.139. The fourth-order valence-corrected chi connectivity index (χ4v) is 1.75. The summed E-state index contributed by atoms with van der Waals surface area (Å²) in [6.07, 6.45) is -0.635. The molecule has 0 aromatic heterocycles. The molecule has 1 aromatic rings. The summed E-state index contributed by atoms with van der Waals surface area (Å²) in [5.74, 6) is -0.744. The van der Waals surface area contributed by atoms with Gasteiger partial charge < -0.3 is 14.7 Å². The van der Waals surface area contributed by atoms with Crippen molar-refractivity contribution < 1.29 is 19.4 Å². The maximum atomic E-state index is 12.0. The first-order valence-electron chi connectivity index (χ1n) is 6.28. The van der Waals surface area contributed by atoms with E-state index in [0.717, 1.165) is 0 Å². The second-order valence-electron chi connectivity index (χ2n) is 4.10. The third-order valence-electron chi connectivity index (χ3n) is 2.82. The van der Waals surface area contributed by atoms with Crippen LogP contribution in [0.4, 0.5) is 0 Å². The maximum Gasteiger partial charge on any atom is 0.335 e. The number of nitrogens with zero attached hydrogens (tertiary/aromatic N) is 1. The minimum Gasteiger partial charge on any atom is -0.481 e. The molecular formula is C14H19NO4. The summed E-state index contributed by atoms with van der Waals surface area (Å²) in [6, 6.07) is 6.12. The van der Waals surface area contributed by atoms with E-state index in [0.29, 0.717) is 18.8 Å². The molecule has 0 bridgehead atoms. The van der Waals surface area contributed by atoms with E-state index in [1.807, 2.05) is 13.8 Å². The number of likely N-dealkylation sites (N-methyl/N-ethyl adjacent to an activating group) is 1. The van der Waals surface area contributed by atoms with Crippen molar-refractivity contribution in [1.29, 1.82) is 0 Å². The van der Waals surface area contributed by atoms with Gasteiger partial charge in [-0.2, -0.15) is 0 Å². The van der Waals surface area contributed by atoms with Gasteiger partial charge in [0.25, 0.3) is 5.91 Å². The van der Waals surface area contributed by atoms with E-state index < -0.39 is 12.1 Å². The van der Waals surface area contributed by atoms with E-state index in [2.05, 4.69) is 0 Å². The molecule has 0 saturated carbocycles. The van der Waals surface area contributed by atoms with E-state index in [9.17, 15) is 9.59 Å². The summed E-state index contributed by atoms with van der Waals surface area (Å²) in [5, 5.41) is 8.89. The smallest absolute Gasteiger partial charge is 0.335 e. The van der Waals surface area contributed by atoms with Crippen molar-refractivity contribution >= 4 is 11.9 Å². The Balaban J connectivity index is 2.76. The van der Waals surface area contributed by atoms with Gasteiger partial charge in [-0.3, -0.25) is 4.79 Å². The average molecular weight is 265 g/mol. The third kappa shape index (κ3) is 3.98. The Bertz CT molecular complexity index is 455. The van der Waals surface area contributed by atoms with Gasteiger partial charge in [-0.15, -0.1) is 0 Å². The third-order valence-corrected chi connectivity index (χ3v) is 2.82. The number of hydrogen-bond donors (Lipinski definition) is 1. The summed E-state index contributed by atoms with van der Waals surface area (Å²) in [4.78, 5) is 24.5. The largest absolute Gasteiger partial charge is 0.481 e. The van der Waals surface area contributed by atoms with Gasteiger partial charge in [0, 0.05) is 13.1 Å². The van der Waals surface area contributed by atoms with Crippen LogP contribution >= 0.6 is 0 Å². The van der Waals surface area contributed by atoms with Gasteiger partial charge in [0.1, 0.15) is 5.75 Å². The lowest BCUT2D eigenvalue weighted by molar-refractivity contribution is -0.137. The Kier molecular flexibility index (Phi) is 5.36. The van der Waals surface area contributed by atoms with Crippen LogP contribution in [-0.2, 0) is 4.79 Å². The molecule has 0 fully saturated rings. The van der Waals surface area contributed by atoms with Crippen LogP contribution in [0.2, 0.25) is 0 Å². The SMILES string of the molecule is CCN(CC)C(=O)C(C)Oc1cccc(C(=O)O)c1. The molecule has 1 atom stereocenters. The Morgan fingerprint density at radius 2 is 1.95 bits per heavy atom. The first-order valence-corrected chi connectivity index (χ1v) is 6.28. The first-order chi connectivity index (χ1) is 8.99. The molecule has 104 valence electrons. The second kappa shape index (κ2) is 6.78. The molecule has 5 heteroatoms. The Labute approximate surface area is 112 Å². The van der Waals surface area contributed by atoms with Gasteiger partial charge >= 0.3 is 5.97 Å². The van der Waals surface area contributed by atoms with Gasteiger partial charge in [0.15, 0.2) is 6.10 Å². The van der Waals surface area contributed by atoms with Gasteiger partial charge in [-0.05, 0) is 39.0 Å². The van der Waals surface area contributed by atoms with E-state index in [-0.39, 0.29) is 11.5 Å². The number of amides is 1. The fourth-order valence-electron chi connectivity index (χ4n) is 1.75. The van der Waals surface area contributed by atoms with Crippen LogP contribution < -0.4 is 4.74 Å². The van der Waals surface area contributed by atoms with Crippen LogP contribution in [0.15, 0.2) is 24.3 Å². The molecule has 0 heterocycles. The number of ether oxygens (including phenoxy) is 1.